The minimum Gasteiger partial charge on any atom is -0.399 e. The number of nitrogens with zero attached hydrogens (tertiary/aromatic N) is 2. The summed E-state index contributed by atoms with van der Waals surface area (Å²) in [6, 6.07) is 20.2. The molecule has 1 aromatic heterocycles. The van der Waals surface area contributed by atoms with Crippen molar-refractivity contribution in [2.45, 2.75) is 25.4 Å². The fourth-order valence-electron chi connectivity index (χ4n) is 3.82. The Morgan fingerprint density at radius 1 is 0.960 bits per heavy atom. The molecule has 0 radical (unpaired) electrons. The van der Waals surface area contributed by atoms with E-state index < -0.39 is 0 Å². The molecule has 2 N–H and O–H groups in total. The number of rotatable bonds is 3. The zero-order valence-electron chi connectivity index (χ0n) is 14.3. The van der Waals surface area contributed by atoms with Crippen LogP contribution in [-0.4, -0.2) is 22.6 Å². The molecule has 25 heavy (non-hydrogen) atoms. The van der Waals surface area contributed by atoms with Crippen molar-refractivity contribution >= 4 is 16.6 Å². The van der Waals surface area contributed by atoms with E-state index in [0.29, 0.717) is 5.69 Å². The molecule has 0 atom stereocenters. The van der Waals surface area contributed by atoms with Gasteiger partial charge in [-0.25, -0.2) is 0 Å². The number of pyridine rings is 1. The van der Waals surface area contributed by atoms with Crippen LogP contribution in [0.1, 0.15) is 24.4 Å². The number of nitrogens with two attached hydrogens (primary N) is 1. The molecular weight excluding hydrogens is 310 g/mol. The maximum atomic E-state index is 12.5. The van der Waals surface area contributed by atoms with Gasteiger partial charge >= 0.3 is 0 Å². The molecule has 1 saturated heterocycles. The molecule has 0 bridgehead atoms. The van der Waals surface area contributed by atoms with Crippen LogP contribution < -0.4 is 11.3 Å². The molecule has 2 aromatic carbocycles. The van der Waals surface area contributed by atoms with Gasteiger partial charge in [0.1, 0.15) is 0 Å². The van der Waals surface area contributed by atoms with Crippen LogP contribution in [0.5, 0.6) is 0 Å². The zero-order chi connectivity index (χ0) is 17.2. The van der Waals surface area contributed by atoms with E-state index in [4.69, 9.17) is 5.73 Å². The molecule has 1 aliphatic heterocycles. The lowest BCUT2D eigenvalue weighted by Crippen LogP contribution is -2.37. The van der Waals surface area contributed by atoms with Gasteiger partial charge in [0.05, 0.1) is 5.52 Å². The third-order valence-electron chi connectivity index (χ3n) is 5.13. The molecule has 3 aromatic rings. The molecule has 128 valence electrons. The van der Waals surface area contributed by atoms with E-state index in [1.165, 1.54) is 5.56 Å². The lowest BCUT2D eigenvalue weighted by Gasteiger charge is -2.33. The highest BCUT2D eigenvalue weighted by Crippen LogP contribution is 2.26. The highest BCUT2D eigenvalue weighted by Gasteiger charge is 2.22. The van der Waals surface area contributed by atoms with Gasteiger partial charge in [0, 0.05) is 37.4 Å². The average molecular weight is 333 g/mol. The van der Waals surface area contributed by atoms with E-state index >= 15 is 0 Å². The van der Waals surface area contributed by atoms with Crippen LogP contribution in [0.2, 0.25) is 0 Å². The summed E-state index contributed by atoms with van der Waals surface area (Å²) < 4.78 is 1.95. The molecule has 0 unspecified atom stereocenters. The van der Waals surface area contributed by atoms with Crippen molar-refractivity contribution in [2.75, 3.05) is 18.8 Å². The van der Waals surface area contributed by atoms with E-state index in [1.807, 2.05) is 34.9 Å². The number of nitrogen functional groups attached to an aromatic ring is 1. The summed E-state index contributed by atoms with van der Waals surface area (Å²) in [6.45, 7) is 2.99. The molecule has 0 amide bonds. The van der Waals surface area contributed by atoms with Crippen LogP contribution in [0.15, 0.2) is 65.5 Å². The molecule has 0 spiro atoms. The Hall–Kier alpha value is -2.59. The van der Waals surface area contributed by atoms with Crippen molar-refractivity contribution < 1.29 is 0 Å². The normalized spacial score (nSPS) is 16.3. The number of fused-ring (bicyclic) bond motifs is 1. The monoisotopic (exact) mass is 333 g/mol. The lowest BCUT2D eigenvalue weighted by molar-refractivity contribution is 0.180. The van der Waals surface area contributed by atoms with E-state index in [1.54, 1.807) is 6.07 Å². The highest BCUT2D eigenvalue weighted by atomic mass is 16.1. The summed E-state index contributed by atoms with van der Waals surface area (Å²) in [5.41, 5.74) is 9.02. The van der Waals surface area contributed by atoms with Crippen LogP contribution in [0, 0.1) is 0 Å². The van der Waals surface area contributed by atoms with E-state index in [0.717, 1.165) is 43.4 Å². The second-order valence-electron chi connectivity index (χ2n) is 6.85. The van der Waals surface area contributed by atoms with Gasteiger partial charge in [0.25, 0.3) is 5.56 Å². The largest absolute Gasteiger partial charge is 0.399 e. The highest BCUT2D eigenvalue weighted by molar-refractivity contribution is 5.82. The zero-order valence-corrected chi connectivity index (χ0v) is 14.3. The maximum absolute atomic E-state index is 12.5. The number of aromatic nitrogens is 1. The molecule has 1 aliphatic rings. The average Bonchev–Trinajstić information content (AvgIpc) is 2.63. The number of benzene rings is 2. The Bertz CT molecular complexity index is 925. The van der Waals surface area contributed by atoms with Crippen LogP contribution in [0.25, 0.3) is 10.9 Å². The topological polar surface area (TPSA) is 51.3 Å². The second-order valence-corrected chi connectivity index (χ2v) is 6.85. The van der Waals surface area contributed by atoms with Gasteiger partial charge in [-0.2, -0.15) is 0 Å². The first kappa shape index (κ1) is 15.9. The Kier molecular flexibility index (Phi) is 4.28. The molecule has 0 saturated carbocycles. The summed E-state index contributed by atoms with van der Waals surface area (Å²) in [5.74, 6) is 0. The Morgan fingerprint density at radius 3 is 2.44 bits per heavy atom. The Balaban J connectivity index is 1.55. The smallest absolute Gasteiger partial charge is 0.251 e. The van der Waals surface area contributed by atoms with E-state index in [9.17, 15) is 4.79 Å². The predicted octanol–water partition coefficient (Wildman–Crippen LogP) is 3.42. The number of piperidine rings is 1. The minimum absolute atomic E-state index is 0.0691. The maximum Gasteiger partial charge on any atom is 0.251 e. The summed E-state index contributed by atoms with van der Waals surface area (Å²) in [5, 5.41) is 1.07. The first-order chi connectivity index (χ1) is 12.2. The summed E-state index contributed by atoms with van der Waals surface area (Å²) in [7, 11) is 0. The molecular formula is C21H23N3O. The van der Waals surface area contributed by atoms with E-state index in [2.05, 4.69) is 29.2 Å². The minimum atomic E-state index is 0.0691. The molecule has 0 aliphatic carbocycles. The summed E-state index contributed by atoms with van der Waals surface area (Å²) in [6.07, 6.45) is 1.97. The van der Waals surface area contributed by atoms with Crippen molar-refractivity contribution in [2.24, 2.45) is 0 Å². The lowest BCUT2D eigenvalue weighted by atomic mass is 10.0. The number of anilines is 1. The van der Waals surface area contributed by atoms with E-state index in [-0.39, 0.29) is 11.6 Å². The van der Waals surface area contributed by atoms with Crippen molar-refractivity contribution in [3.05, 3.63) is 76.6 Å². The van der Waals surface area contributed by atoms with Gasteiger partial charge < -0.3 is 10.3 Å². The predicted molar refractivity (Wildman–Crippen MR) is 103 cm³/mol. The first-order valence-corrected chi connectivity index (χ1v) is 8.88. The van der Waals surface area contributed by atoms with Crippen LogP contribution in [0.3, 0.4) is 0 Å². The fourth-order valence-corrected chi connectivity index (χ4v) is 3.82. The van der Waals surface area contributed by atoms with Crippen molar-refractivity contribution in [1.82, 2.24) is 9.47 Å². The quantitative estimate of drug-likeness (QED) is 0.747. The van der Waals surface area contributed by atoms with Crippen molar-refractivity contribution in [3.63, 3.8) is 0 Å². The van der Waals surface area contributed by atoms with Gasteiger partial charge in [-0.1, -0.05) is 36.4 Å². The molecule has 4 nitrogen and oxygen atoms in total. The fraction of sp³-hybridized carbons (Fsp3) is 0.286. The van der Waals surface area contributed by atoms with Crippen LogP contribution in [-0.2, 0) is 6.54 Å². The van der Waals surface area contributed by atoms with Crippen molar-refractivity contribution in [1.29, 1.82) is 0 Å². The second kappa shape index (κ2) is 6.73. The Morgan fingerprint density at radius 2 is 1.68 bits per heavy atom. The third kappa shape index (κ3) is 3.30. The van der Waals surface area contributed by atoms with Crippen molar-refractivity contribution in [3.8, 4) is 0 Å². The third-order valence-corrected chi connectivity index (χ3v) is 5.13. The SMILES string of the molecule is Nc1ccc2ccc(=O)n(C3CCN(Cc4ccccc4)CC3)c2c1. The van der Waals surface area contributed by atoms with Crippen LogP contribution >= 0.6 is 0 Å². The molecule has 4 heteroatoms. The number of hydrogen-bond donors (Lipinski definition) is 1. The molecule has 4 rings (SSSR count). The molecule has 1 fully saturated rings. The van der Waals surface area contributed by atoms with Gasteiger partial charge in [0.2, 0.25) is 0 Å². The Labute approximate surface area is 147 Å². The first-order valence-electron chi connectivity index (χ1n) is 8.88. The number of hydrogen-bond acceptors (Lipinski definition) is 3. The summed E-state index contributed by atoms with van der Waals surface area (Å²) in [4.78, 5) is 15.0. The van der Waals surface area contributed by atoms with Gasteiger partial charge in [-0.3, -0.25) is 9.69 Å². The van der Waals surface area contributed by atoms with Gasteiger partial charge in [0.15, 0.2) is 0 Å². The molecule has 2 heterocycles. The van der Waals surface area contributed by atoms with Gasteiger partial charge in [-0.05, 0) is 42.0 Å². The number of likely N-dealkylation sites (tertiary alicyclic amines) is 1. The van der Waals surface area contributed by atoms with Crippen LogP contribution in [0.4, 0.5) is 5.69 Å². The summed E-state index contributed by atoms with van der Waals surface area (Å²) >= 11 is 0. The standard InChI is InChI=1S/C21H23N3O/c22-18-8-6-17-7-9-21(25)24(20(17)14-18)19-10-12-23(13-11-19)15-16-4-2-1-3-5-16/h1-9,14,19H,10-13,15,22H2. The van der Waals surface area contributed by atoms with Gasteiger partial charge in [-0.15, -0.1) is 0 Å².